The number of hydrogen-bond donors (Lipinski definition) is 0. The van der Waals surface area contributed by atoms with Crippen LogP contribution in [-0.4, -0.2) is 26.4 Å². The van der Waals surface area contributed by atoms with Crippen molar-refractivity contribution in [3.63, 3.8) is 0 Å². The van der Waals surface area contributed by atoms with E-state index in [0.717, 1.165) is 19.5 Å². The molecule has 0 radical (unpaired) electrons. The molecule has 0 N–H and O–H groups in total. The van der Waals surface area contributed by atoms with Crippen LogP contribution in [0.1, 0.15) is 11.1 Å². The molecule has 0 saturated carbocycles. The average Bonchev–Trinajstić information content (AvgIpc) is 2.57. The predicted molar refractivity (Wildman–Crippen MR) is 84.4 cm³/mol. The smallest absolute Gasteiger partial charge is 0.278 e. The Balaban J connectivity index is 1.62. The Morgan fingerprint density at radius 3 is 2.68 bits per heavy atom. The van der Waals surface area contributed by atoms with E-state index in [-0.39, 0.29) is 5.56 Å². The number of hydrogen-bond acceptors (Lipinski definition) is 4. The van der Waals surface area contributed by atoms with Crippen molar-refractivity contribution >= 4 is 10.9 Å². The highest BCUT2D eigenvalue weighted by Crippen LogP contribution is 2.18. The molecule has 0 fully saturated rings. The largest absolute Gasteiger partial charge is 0.280 e. The van der Waals surface area contributed by atoms with Crippen LogP contribution in [0.2, 0.25) is 0 Å². The Labute approximate surface area is 127 Å². The monoisotopic (exact) mass is 292 g/mol. The molecule has 4 rings (SSSR count). The Kier molecular flexibility index (Phi) is 3.20. The zero-order valence-corrected chi connectivity index (χ0v) is 12.1. The van der Waals surface area contributed by atoms with Gasteiger partial charge in [-0.15, -0.1) is 5.10 Å². The molecule has 110 valence electrons. The summed E-state index contributed by atoms with van der Waals surface area (Å²) in [5.41, 5.74) is 3.29. The Bertz CT molecular complexity index is 887. The van der Waals surface area contributed by atoms with E-state index in [2.05, 4.69) is 39.5 Å². The van der Waals surface area contributed by atoms with Gasteiger partial charge >= 0.3 is 0 Å². The molecular weight excluding hydrogens is 276 g/mol. The second-order valence-corrected chi connectivity index (χ2v) is 5.62. The van der Waals surface area contributed by atoms with Crippen molar-refractivity contribution < 1.29 is 0 Å². The summed E-state index contributed by atoms with van der Waals surface area (Å²) in [6.07, 6.45) is 1.01. The summed E-state index contributed by atoms with van der Waals surface area (Å²) < 4.78 is 1.45. The molecule has 0 bridgehead atoms. The number of nitrogens with zero attached hydrogens (tertiary/aromatic N) is 4. The Morgan fingerprint density at radius 1 is 1.00 bits per heavy atom. The topological polar surface area (TPSA) is 51.0 Å². The summed E-state index contributed by atoms with van der Waals surface area (Å²) in [5.74, 6) is 0. The molecule has 0 amide bonds. The summed E-state index contributed by atoms with van der Waals surface area (Å²) in [6.45, 7) is 2.25. The van der Waals surface area contributed by atoms with Crippen molar-refractivity contribution in [1.82, 2.24) is 19.9 Å². The molecule has 0 atom stereocenters. The highest BCUT2D eigenvalue weighted by molar-refractivity contribution is 5.76. The molecule has 1 aromatic heterocycles. The maximum absolute atomic E-state index is 12.5. The van der Waals surface area contributed by atoms with Gasteiger partial charge in [-0.3, -0.25) is 9.69 Å². The van der Waals surface area contributed by atoms with E-state index in [9.17, 15) is 4.79 Å². The minimum atomic E-state index is -0.0792. The van der Waals surface area contributed by atoms with Gasteiger partial charge in [0.05, 0.1) is 12.1 Å². The van der Waals surface area contributed by atoms with E-state index in [4.69, 9.17) is 0 Å². The van der Waals surface area contributed by atoms with E-state index in [1.54, 1.807) is 6.07 Å². The molecule has 5 nitrogen and oxygen atoms in total. The van der Waals surface area contributed by atoms with Crippen molar-refractivity contribution in [2.45, 2.75) is 19.6 Å². The summed E-state index contributed by atoms with van der Waals surface area (Å²) in [6, 6.07) is 15.8. The van der Waals surface area contributed by atoms with Gasteiger partial charge in [-0.05, 0) is 29.7 Å². The molecular formula is C17H16N4O. The molecule has 5 heteroatoms. The fourth-order valence-electron chi connectivity index (χ4n) is 2.98. The molecule has 2 heterocycles. The first-order valence-corrected chi connectivity index (χ1v) is 7.43. The van der Waals surface area contributed by atoms with E-state index >= 15 is 0 Å². The molecule has 0 saturated heterocycles. The molecule has 2 aromatic carbocycles. The van der Waals surface area contributed by atoms with Gasteiger partial charge < -0.3 is 0 Å². The number of benzene rings is 2. The first kappa shape index (κ1) is 13.2. The second-order valence-electron chi connectivity index (χ2n) is 5.62. The van der Waals surface area contributed by atoms with Gasteiger partial charge in [0.25, 0.3) is 5.56 Å². The van der Waals surface area contributed by atoms with E-state index in [0.29, 0.717) is 17.6 Å². The van der Waals surface area contributed by atoms with Gasteiger partial charge in [-0.1, -0.05) is 41.6 Å². The van der Waals surface area contributed by atoms with Crippen LogP contribution in [0.25, 0.3) is 10.9 Å². The maximum atomic E-state index is 12.5. The van der Waals surface area contributed by atoms with E-state index in [1.807, 2.05) is 18.2 Å². The third kappa shape index (κ3) is 2.29. The zero-order valence-electron chi connectivity index (χ0n) is 12.1. The van der Waals surface area contributed by atoms with Crippen molar-refractivity contribution in [2.75, 3.05) is 6.54 Å². The van der Waals surface area contributed by atoms with Crippen LogP contribution in [0.3, 0.4) is 0 Å². The summed E-state index contributed by atoms with van der Waals surface area (Å²) in [4.78, 5) is 14.7. The number of aromatic nitrogens is 3. The Hall–Kier alpha value is -2.53. The number of rotatable bonds is 2. The lowest BCUT2D eigenvalue weighted by atomic mass is 10.0. The van der Waals surface area contributed by atoms with Crippen LogP contribution in [0.4, 0.5) is 0 Å². The van der Waals surface area contributed by atoms with Gasteiger partial charge in [0, 0.05) is 13.1 Å². The van der Waals surface area contributed by atoms with Crippen LogP contribution >= 0.6 is 0 Å². The van der Waals surface area contributed by atoms with Gasteiger partial charge in [-0.25, -0.2) is 0 Å². The third-order valence-corrected chi connectivity index (χ3v) is 4.17. The minimum absolute atomic E-state index is 0.0792. The van der Waals surface area contributed by atoms with E-state index in [1.165, 1.54) is 15.8 Å². The zero-order chi connectivity index (χ0) is 14.9. The second kappa shape index (κ2) is 5.35. The fourth-order valence-corrected chi connectivity index (χ4v) is 2.98. The molecule has 22 heavy (non-hydrogen) atoms. The fraction of sp³-hybridized carbons (Fsp3) is 0.235. The van der Waals surface area contributed by atoms with Crippen molar-refractivity contribution in [2.24, 2.45) is 0 Å². The highest BCUT2D eigenvalue weighted by atomic mass is 16.1. The van der Waals surface area contributed by atoms with Gasteiger partial charge in [0.2, 0.25) is 0 Å². The normalized spacial score (nSPS) is 14.9. The molecule has 0 spiro atoms. The van der Waals surface area contributed by atoms with Gasteiger partial charge in [-0.2, -0.15) is 4.68 Å². The van der Waals surface area contributed by atoms with Crippen LogP contribution in [0.15, 0.2) is 53.3 Å². The van der Waals surface area contributed by atoms with Crippen molar-refractivity contribution in [3.05, 3.63) is 70.0 Å². The first-order chi connectivity index (χ1) is 10.8. The standard InChI is InChI=1S/C17H16N4O/c22-17-15-7-3-4-8-16(15)18-19-21(17)12-20-10-9-13-5-1-2-6-14(13)11-20/h1-8H,9-12H2. The third-order valence-electron chi connectivity index (χ3n) is 4.17. The highest BCUT2D eigenvalue weighted by Gasteiger charge is 2.17. The van der Waals surface area contributed by atoms with Crippen LogP contribution < -0.4 is 5.56 Å². The SMILES string of the molecule is O=c1c2ccccc2nnn1CN1CCc2ccccc2C1. The molecule has 1 aliphatic heterocycles. The lowest BCUT2D eigenvalue weighted by molar-refractivity contribution is 0.183. The van der Waals surface area contributed by atoms with Crippen molar-refractivity contribution in [1.29, 1.82) is 0 Å². The lowest BCUT2D eigenvalue weighted by Crippen LogP contribution is -2.37. The molecule has 0 unspecified atom stereocenters. The number of fused-ring (bicyclic) bond motifs is 2. The first-order valence-electron chi connectivity index (χ1n) is 7.43. The van der Waals surface area contributed by atoms with Gasteiger partial charge in [0.1, 0.15) is 5.52 Å². The minimum Gasteiger partial charge on any atom is -0.280 e. The van der Waals surface area contributed by atoms with Crippen LogP contribution in [-0.2, 0) is 19.6 Å². The van der Waals surface area contributed by atoms with Crippen LogP contribution in [0.5, 0.6) is 0 Å². The lowest BCUT2D eigenvalue weighted by Gasteiger charge is -2.28. The summed E-state index contributed by atoms with van der Waals surface area (Å²) in [5, 5.41) is 8.83. The summed E-state index contributed by atoms with van der Waals surface area (Å²) in [7, 11) is 0. The molecule has 1 aliphatic rings. The van der Waals surface area contributed by atoms with E-state index < -0.39 is 0 Å². The van der Waals surface area contributed by atoms with Crippen molar-refractivity contribution in [3.8, 4) is 0 Å². The maximum Gasteiger partial charge on any atom is 0.278 e. The average molecular weight is 292 g/mol. The van der Waals surface area contributed by atoms with Crippen LogP contribution in [0, 0.1) is 0 Å². The van der Waals surface area contributed by atoms with Gasteiger partial charge in [0.15, 0.2) is 0 Å². The molecule has 0 aliphatic carbocycles. The summed E-state index contributed by atoms with van der Waals surface area (Å²) >= 11 is 0. The quantitative estimate of drug-likeness (QED) is 0.723. The molecule has 3 aromatic rings. The predicted octanol–water partition coefficient (Wildman–Crippen LogP) is 1.81. The Morgan fingerprint density at radius 2 is 1.77 bits per heavy atom.